The van der Waals surface area contributed by atoms with Crippen LogP contribution in [0.5, 0.6) is 0 Å². The zero-order chi connectivity index (χ0) is 18.5. The van der Waals surface area contributed by atoms with Gasteiger partial charge in [-0.1, -0.05) is 30.3 Å². The fraction of sp³-hybridized carbons (Fsp3) is 0.111. The highest BCUT2D eigenvalue weighted by Gasteiger charge is 2.27. The van der Waals surface area contributed by atoms with Crippen molar-refractivity contribution in [2.45, 2.75) is 6.92 Å². The number of hydrogen-bond acceptors (Lipinski definition) is 6. The van der Waals surface area contributed by atoms with E-state index in [4.69, 9.17) is 0 Å². The minimum atomic E-state index is -0.458. The molecule has 0 unspecified atom stereocenters. The van der Waals surface area contributed by atoms with Crippen LogP contribution >= 0.6 is 15.9 Å². The molecule has 7 nitrogen and oxygen atoms in total. The molecule has 0 radical (unpaired) electrons. The molecule has 0 aliphatic carbocycles. The Bertz CT molecular complexity index is 920. The molecule has 0 saturated carbocycles. The van der Waals surface area contributed by atoms with Crippen molar-refractivity contribution in [2.24, 2.45) is 0 Å². The molecule has 0 atom stereocenters. The summed E-state index contributed by atoms with van der Waals surface area (Å²) in [7, 11) is 0. The molecule has 0 aliphatic rings. The van der Waals surface area contributed by atoms with Gasteiger partial charge in [-0.15, -0.1) is 0 Å². The topological polar surface area (TPSA) is 84.2 Å². The summed E-state index contributed by atoms with van der Waals surface area (Å²) in [4.78, 5) is 21.4. The highest BCUT2D eigenvalue weighted by Crippen LogP contribution is 2.37. The predicted octanol–water partition coefficient (Wildman–Crippen LogP) is 5.05. The number of rotatable bonds is 6. The van der Waals surface area contributed by atoms with Crippen molar-refractivity contribution in [3.63, 3.8) is 0 Å². The van der Waals surface area contributed by atoms with Gasteiger partial charge in [0.2, 0.25) is 11.6 Å². The molecule has 0 aliphatic heterocycles. The monoisotopic (exact) mass is 413 g/mol. The normalized spacial score (nSPS) is 10.4. The molecule has 2 aromatic carbocycles. The fourth-order valence-electron chi connectivity index (χ4n) is 2.58. The maximum Gasteiger partial charge on any atom is 0.354 e. The lowest BCUT2D eigenvalue weighted by Crippen LogP contribution is -2.19. The van der Waals surface area contributed by atoms with Gasteiger partial charge < -0.3 is 10.2 Å². The van der Waals surface area contributed by atoms with Crippen molar-refractivity contribution in [3.8, 4) is 0 Å². The summed E-state index contributed by atoms with van der Waals surface area (Å²) < 4.78 is 0.782. The van der Waals surface area contributed by atoms with Gasteiger partial charge in [0.15, 0.2) is 0 Å². The van der Waals surface area contributed by atoms with Crippen molar-refractivity contribution in [1.82, 2.24) is 9.97 Å². The number of benzene rings is 2. The second-order valence-corrected chi connectivity index (χ2v) is 6.19. The minimum absolute atomic E-state index is 0.140. The van der Waals surface area contributed by atoms with Gasteiger partial charge in [-0.2, -0.15) is 0 Å². The Hall–Kier alpha value is -3.00. The molecule has 8 heteroatoms. The Balaban J connectivity index is 2.09. The molecule has 0 bridgehead atoms. The average molecular weight is 414 g/mol. The summed E-state index contributed by atoms with van der Waals surface area (Å²) in [6.07, 6.45) is 1.33. The van der Waals surface area contributed by atoms with Crippen LogP contribution in [-0.2, 0) is 0 Å². The van der Waals surface area contributed by atoms with E-state index in [1.165, 1.54) is 6.33 Å². The van der Waals surface area contributed by atoms with Gasteiger partial charge >= 0.3 is 5.69 Å². The highest BCUT2D eigenvalue weighted by atomic mass is 79.9. The third kappa shape index (κ3) is 3.65. The van der Waals surface area contributed by atoms with Crippen LogP contribution in [0.1, 0.15) is 6.92 Å². The van der Waals surface area contributed by atoms with Crippen LogP contribution in [0.25, 0.3) is 0 Å². The smallest absolute Gasteiger partial charge is 0.333 e. The molecule has 0 fully saturated rings. The van der Waals surface area contributed by atoms with Gasteiger partial charge in [0, 0.05) is 16.7 Å². The van der Waals surface area contributed by atoms with Crippen LogP contribution in [-0.4, -0.2) is 21.4 Å². The van der Waals surface area contributed by atoms with Crippen LogP contribution < -0.4 is 10.2 Å². The standard InChI is InChI=1S/C18H16BrN5O2/c1-2-23(13-8-4-3-5-9-13)18-16(24(25)26)17(20-12-21-18)22-15-11-7-6-10-14(15)19/h3-12H,2H2,1H3,(H,20,21,22). The number of aromatic nitrogens is 2. The van der Waals surface area contributed by atoms with Gasteiger partial charge in [-0.3, -0.25) is 10.1 Å². The summed E-state index contributed by atoms with van der Waals surface area (Å²) in [5.41, 5.74) is 1.33. The van der Waals surface area contributed by atoms with Crippen molar-refractivity contribution in [1.29, 1.82) is 0 Å². The summed E-state index contributed by atoms with van der Waals surface area (Å²) in [5.74, 6) is 0.384. The number of hydrogen-bond donors (Lipinski definition) is 1. The molecular formula is C18H16BrN5O2. The van der Waals surface area contributed by atoms with Crippen LogP contribution in [0.4, 0.5) is 28.7 Å². The first-order valence-corrected chi connectivity index (χ1v) is 8.74. The van der Waals surface area contributed by atoms with Crippen molar-refractivity contribution in [3.05, 3.63) is 75.5 Å². The predicted molar refractivity (Wildman–Crippen MR) is 105 cm³/mol. The number of nitro groups is 1. The second kappa shape index (κ2) is 7.92. The number of anilines is 4. The average Bonchev–Trinajstić information content (AvgIpc) is 2.65. The number of para-hydroxylation sites is 2. The van der Waals surface area contributed by atoms with E-state index in [0.29, 0.717) is 12.2 Å². The molecule has 0 saturated heterocycles. The van der Waals surface area contributed by atoms with Gasteiger partial charge in [0.1, 0.15) is 6.33 Å². The van der Waals surface area contributed by atoms with E-state index in [9.17, 15) is 10.1 Å². The molecule has 3 aromatic rings. The molecule has 26 heavy (non-hydrogen) atoms. The van der Waals surface area contributed by atoms with Crippen molar-refractivity contribution >= 4 is 44.6 Å². The van der Waals surface area contributed by atoms with Gasteiger partial charge in [-0.25, -0.2) is 9.97 Å². The molecule has 132 valence electrons. The van der Waals surface area contributed by atoms with Gasteiger partial charge in [-0.05, 0) is 47.1 Å². The summed E-state index contributed by atoms with van der Waals surface area (Å²) in [5, 5.41) is 14.8. The van der Waals surface area contributed by atoms with Crippen LogP contribution in [0.3, 0.4) is 0 Å². The molecule has 1 aromatic heterocycles. The molecule has 0 amide bonds. The number of nitrogens with one attached hydrogen (secondary N) is 1. The maximum absolute atomic E-state index is 11.8. The lowest BCUT2D eigenvalue weighted by atomic mass is 10.2. The largest absolute Gasteiger partial charge is 0.354 e. The Morgan fingerprint density at radius 3 is 2.46 bits per heavy atom. The second-order valence-electron chi connectivity index (χ2n) is 5.34. The van der Waals surface area contributed by atoms with Gasteiger partial charge in [0.05, 0.1) is 10.6 Å². The molecule has 1 N–H and O–H groups in total. The third-order valence-corrected chi connectivity index (χ3v) is 4.44. The Kier molecular flexibility index (Phi) is 5.43. The van der Waals surface area contributed by atoms with E-state index < -0.39 is 4.92 Å². The van der Waals surface area contributed by atoms with E-state index in [-0.39, 0.29) is 17.3 Å². The van der Waals surface area contributed by atoms with Crippen molar-refractivity contribution in [2.75, 3.05) is 16.8 Å². The summed E-state index contributed by atoms with van der Waals surface area (Å²) >= 11 is 3.43. The molecule has 1 heterocycles. The lowest BCUT2D eigenvalue weighted by molar-refractivity contribution is -0.383. The zero-order valence-corrected chi connectivity index (χ0v) is 15.5. The first kappa shape index (κ1) is 17.8. The maximum atomic E-state index is 11.8. The van der Waals surface area contributed by atoms with Gasteiger partial charge in [0.25, 0.3) is 0 Å². The van der Waals surface area contributed by atoms with E-state index >= 15 is 0 Å². The number of halogens is 1. The SMILES string of the molecule is CCN(c1ccccc1)c1ncnc(Nc2ccccc2Br)c1[N+](=O)[O-]. The molecule has 3 rings (SSSR count). The van der Waals surface area contributed by atoms with Crippen LogP contribution in [0.2, 0.25) is 0 Å². The van der Waals surface area contributed by atoms with E-state index in [1.807, 2.05) is 61.5 Å². The van der Waals surface area contributed by atoms with E-state index in [0.717, 1.165) is 10.2 Å². The van der Waals surface area contributed by atoms with Crippen LogP contribution in [0.15, 0.2) is 65.4 Å². The van der Waals surface area contributed by atoms with Crippen molar-refractivity contribution < 1.29 is 4.92 Å². The minimum Gasteiger partial charge on any atom is -0.333 e. The quantitative estimate of drug-likeness (QED) is 0.449. The first-order chi connectivity index (χ1) is 12.6. The molecule has 0 spiro atoms. The van der Waals surface area contributed by atoms with Crippen LogP contribution in [0, 0.1) is 10.1 Å². The Morgan fingerprint density at radius 1 is 1.12 bits per heavy atom. The highest BCUT2D eigenvalue weighted by molar-refractivity contribution is 9.10. The third-order valence-electron chi connectivity index (χ3n) is 3.75. The lowest BCUT2D eigenvalue weighted by Gasteiger charge is -2.22. The zero-order valence-electron chi connectivity index (χ0n) is 14.0. The Morgan fingerprint density at radius 2 is 1.81 bits per heavy atom. The summed E-state index contributed by atoms with van der Waals surface area (Å²) in [6.45, 7) is 2.44. The first-order valence-electron chi connectivity index (χ1n) is 7.95. The fourth-order valence-corrected chi connectivity index (χ4v) is 2.96. The van der Waals surface area contributed by atoms with E-state index in [2.05, 4.69) is 31.2 Å². The summed E-state index contributed by atoms with van der Waals surface area (Å²) in [6, 6.07) is 16.8. The van der Waals surface area contributed by atoms with E-state index in [1.54, 1.807) is 4.90 Å². The number of nitrogens with zero attached hydrogens (tertiary/aromatic N) is 4. The molecular weight excluding hydrogens is 398 g/mol. The Labute approximate surface area is 159 Å².